The molecule has 1 aliphatic heterocycles. The Morgan fingerprint density at radius 1 is 0.929 bits per heavy atom. The number of nitrogens with zero attached hydrogens (tertiary/aromatic N) is 7. The van der Waals surface area contributed by atoms with E-state index in [1.54, 1.807) is 29.2 Å². The Bertz CT molecular complexity index is 964. The molecule has 0 radical (unpaired) electrons. The smallest absolute Gasteiger partial charge is 0.266 e. The van der Waals surface area contributed by atoms with Crippen LogP contribution in [0.25, 0.3) is 11.3 Å². The van der Waals surface area contributed by atoms with Crippen molar-refractivity contribution in [1.29, 1.82) is 0 Å². The normalized spacial score (nSPS) is 15.0. The number of piperazine rings is 1. The highest BCUT2D eigenvalue weighted by atomic mass is 16.1. The molecule has 4 heterocycles. The zero-order valence-corrected chi connectivity index (χ0v) is 15.9. The maximum absolute atomic E-state index is 12.2. The first-order valence-corrected chi connectivity index (χ1v) is 9.43. The van der Waals surface area contributed by atoms with E-state index in [1.807, 2.05) is 31.5 Å². The fourth-order valence-corrected chi connectivity index (χ4v) is 3.24. The fraction of sp³-hybridized carbons (Fsp3) is 0.350. The third-order valence-electron chi connectivity index (χ3n) is 4.89. The minimum Gasteiger partial charge on any atom is -0.338 e. The quantitative estimate of drug-likeness (QED) is 0.661. The molecule has 4 rings (SSSR count). The lowest BCUT2D eigenvalue weighted by molar-refractivity contribution is 0.242. The maximum Gasteiger partial charge on any atom is 0.266 e. The van der Waals surface area contributed by atoms with Gasteiger partial charge in [0, 0.05) is 69.1 Å². The van der Waals surface area contributed by atoms with Gasteiger partial charge in [-0.05, 0) is 30.7 Å². The van der Waals surface area contributed by atoms with Crippen LogP contribution in [0.1, 0.15) is 5.56 Å². The molecular weight excluding hydrogens is 354 g/mol. The largest absolute Gasteiger partial charge is 0.338 e. The van der Waals surface area contributed by atoms with Crippen molar-refractivity contribution < 1.29 is 0 Å². The lowest BCUT2D eigenvalue weighted by atomic mass is 10.2. The number of aryl methyl sites for hydroxylation is 1. The Labute approximate surface area is 163 Å². The van der Waals surface area contributed by atoms with Gasteiger partial charge in [-0.3, -0.25) is 14.7 Å². The third-order valence-corrected chi connectivity index (χ3v) is 4.89. The molecule has 0 N–H and O–H groups in total. The SMILES string of the molecule is Cc1cnc(N2CCN(CCn3nc(-c4ccncc4)ccc3=O)CC2)nc1. The van der Waals surface area contributed by atoms with Crippen molar-refractivity contribution in [2.75, 3.05) is 37.6 Å². The van der Waals surface area contributed by atoms with Crippen LogP contribution in [0.2, 0.25) is 0 Å². The second-order valence-electron chi connectivity index (χ2n) is 6.90. The van der Waals surface area contributed by atoms with Crippen molar-refractivity contribution in [2.24, 2.45) is 0 Å². The van der Waals surface area contributed by atoms with Crippen molar-refractivity contribution in [1.82, 2.24) is 29.6 Å². The number of hydrogen-bond donors (Lipinski definition) is 0. The van der Waals surface area contributed by atoms with Crippen LogP contribution in [0.15, 0.2) is 53.8 Å². The van der Waals surface area contributed by atoms with Crippen LogP contribution in [0.3, 0.4) is 0 Å². The van der Waals surface area contributed by atoms with Gasteiger partial charge in [-0.1, -0.05) is 0 Å². The highest BCUT2D eigenvalue weighted by Crippen LogP contribution is 2.13. The topological polar surface area (TPSA) is 80.0 Å². The highest BCUT2D eigenvalue weighted by molar-refractivity contribution is 5.56. The van der Waals surface area contributed by atoms with Gasteiger partial charge >= 0.3 is 0 Å². The van der Waals surface area contributed by atoms with Crippen LogP contribution in [-0.4, -0.2) is 62.4 Å². The number of anilines is 1. The zero-order chi connectivity index (χ0) is 19.3. The molecule has 3 aromatic heterocycles. The Hall–Kier alpha value is -3.13. The lowest BCUT2D eigenvalue weighted by Gasteiger charge is -2.34. The van der Waals surface area contributed by atoms with Crippen molar-refractivity contribution >= 4 is 5.95 Å². The van der Waals surface area contributed by atoms with Crippen LogP contribution >= 0.6 is 0 Å². The van der Waals surface area contributed by atoms with Crippen LogP contribution in [0, 0.1) is 6.92 Å². The second kappa shape index (κ2) is 8.26. The van der Waals surface area contributed by atoms with Gasteiger partial charge in [0.15, 0.2) is 0 Å². The molecule has 0 saturated carbocycles. The first kappa shape index (κ1) is 18.2. The summed E-state index contributed by atoms with van der Waals surface area (Å²) in [6.45, 7) is 6.92. The van der Waals surface area contributed by atoms with Gasteiger partial charge in [-0.25, -0.2) is 14.6 Å². The summed E-state index contributed by atoms with van der Waals surface area (Å²) < 4.78 is 1.55. The highest BCUT2D eigenvalue weighted by Gasteiger charge is 2.18. The van der Waals surface area contributed by atoms with Crippen molar-refractivity contribution in [2.45, 2.75) is 13.5 Å². The Balaban J connectivity index is 1.35. The van der Waals surface area contributed by atoms with E-state index in [2.05, 4.69) is 29.9 Å². The summed E-state index contributed by atoms with van der Waals surface area (Å²) in [6.07, 6.45) is 7.15. The molecule has 3 aromatic rings. The van der Waals surface area contributed by atoms with E-state index < -0.39 is 0 Å². The van der Waals surface area contributed by atoms with Crippen LogP contribution in [-0.2, 0) is 6.54 Å². The first-order valence-electron chi connectivity index (χ1n) is 9.43. The monoisotopic (exact) mass is 377 g/mol. The van der Waals surface area contributed by atoms with Crippen molar-refractivity contribution in [3.8, 4) is 11.3 Å². The lowest BCUT2D eigenvalue weighted by Crippen LogP contribution is -2.48. The molecule has 8 nitrogen and oxygen atoms in total. The summed E-state index contributed by atoms with van der Waals surface area (Å²) in [5.41, 5.74) is 2.72. The maximum atomic E-state index is 12.2. The van der Waals surface area contributed by atoms with E-state index >= 15 is 0 Å². The summed E-state index contributed by atoms with van der Waals surface area (Å²) in [4.78, 5) is 29.6. The van der Waals surface area contributed by atoms with E-state index in [1.165, 1.54) is 0 Å². The molecule has 144 valence electrons. The summed E-state index contributed by atoms with van der Waals surface area (Å²) in [5, 5.41) is 4.52. The molecule has 0 bridgehead atoms. The van der Waals surface area contributed by atoms with Crippen LogP contribution in [0.4, 0.5) is 5.95 Å². The van der Waals surface area contributed by atoms with Crippen molar-refractivity contribution in [3.05, 3.63) is 65.0 Å². The average molecular weight is 377 g/mol. The molecule has 8 heteroatoms. The third kappa shape index (κ3) is 4.23. The van der Waals surface area contributed by atoms with Gasteiger partial charge < -0.3 is 4.90 Å². The van der Waals surface area contributed by atoms with Gasteiger partial charge in [0.25, 0.3) is 5.56 Å². The van der Waals surface area contributed by atoms with Gasteiger partial charge in [0.1, 0.15) is 0 Å². The zero-order valence-electron chi connectivity index (χ0n) is 15.9. The van der Waals surface area contributed by atoms with Gasteiger partial charge in [0.05, 0.1) is 12.2 Å². The molecule has 0 atom stereocenters. The molecular formula is C20H23N7O. The van der Waals surface area contributed by atoms with E-state index in [-0.39, 0.29) is 5.56 Å². The van der Waals surface area contributed by atoms with E-state index in [0.29, 0.717) is 6.54 Å². The van der Waals surface area contributed by atoms with E-state index in [9.17, 15) is 4.79 Å². The first-order chi connectivity index (χ1) is 13.7. The summed E-state index contributed by atoms with van der Waals surface area (Å²) in [5.74, 6) is 0.785. The minimum atomic E-state index is -0.0792. The van der Waals surface area contributed by atoms with Gasteiger partial charge in [0.2, 0.25) is 5.95 Å². The molecule has 1 aliphatic rings. The molecule has 0 aliphatic carbocycles. The van der Waals surface area contributed by atoms with Crippen LogP contribution in [0.5, 0.6) is 0 Å². The predicted molar refractivity (Wildman–Crippen MR) is 107 cm³/mol. The predicted octanol–water partition coefficient (Wildman–Crippen LogP) is 1.23. The van der Waals surface area contributed by atoms with E-state index in [0.717, 1.165) is 55.5 Å². The molecule has 1 fully saturated rings. The molecule has 0 unspecified atom stereocenters. The van der Waals surface area contributed by atoms with Crippen molar-refractivity contribution in [3.63, 3.8) is 0 Å². The molecule has 0 aromatic carbocycles. The van der Waals surface area contributed by atoms with E-state index in [4.69, 9.17) is 0 Å². The number of aromatic nitrogens is 5. The van der Waals surface area contributed by atoms with Gasteiger partial charge in [-0.15, -0.1) is 0 Å². The Kier molecular flexibility index (Phi) is 5.38. The molecule has 1 saturated heterocycles. The number of hydrogen-bond acceptors (Lipinski definition) is 7. The molecule has 0 amide bonds. The summed E-state index contributed by atoms with van der Waals surface area (Å²) >= 11 is 0. The minimum absolute atomic E-state index is 0.0792. The Morgan fingerprint density at radius 3 is 2.36 bits per heavy atom. The van der Waals surface area contributed by atoms with Gasteiger partial charge in [-0.2, -0.15) is 5.10 Å². The van der Waals surface area contributed by atoms with Crippen LogP contribution < -0.4 is 10.5 Å². The second-order valence-corrected chi connectivity index (χ2v) is 6.90. The number of rotatable bonds is 5. The standard InChI is InChI=1S/C20H23N7O/c1-16-14-22-20(23-15-16)26-11-8-25(9-12-26)10-13-27-19(28)3-2-18(24-27)17-4-6-21-7-5-17/h2-7,14-15H,8-13H2,1H3. The number of pyridine rings is 1. The fourth-order valence-electron chi connectivity index (χ4n) is 3.24. The summed E-state index contributed by atoms with van der Waals surface area (Å²) in [7, 11) is 0. The molecule has 0 spiro atoms. The average Bonchev–Trinajstić information content (AvgIpc) is 2.75. The molecule has 28 heavy (non-hydrogen) atoms. The Morgan fingerprint density at radius 2 is 1.64 bits per heavy atom. The summed E-state index contributed by atoms with van der Waals surface area (Å²) in [6, 6.07) is 7.12.